The Morgan fingerprint density at radius 1 is 1.59 bits per heavy atom. The molecule has 0 saturated heterocycles. The predicted octanol–water partition coefficient (Wildman–Crippen LogP) is 1.59. The first kappa shape index (κ1) is 12.2. The summed E-state index contributed by atoms with van der Waals surface area (Å²) in [5.41, 5.74) is -0.269. The van der Waals surface area contributed by atoms with Gasteiger partial charge in [-0.2, -0.15) is 4.98 Å². The van der Waals surface area contributed by atoms with Crippen LogP contribution in [0.25, 0.3) is 0 Å². The van der Waals surface area contributed by atoms with Crippen molar-refractivity contribution in [1.82, 2.24) is 14.7 Å². The number of nitrogens with zero attached hydrogens (tertiary/aromatic N) is 3. The molecule has 0 aliphatic rings. The molecule has 2 aromatic heterocycles. The third kappa shape index (κ3) is 2.71. The first-order valence-corrected chi connectivity index (χ1v) is 6.05. The molecule has 2 aromatic rings. The summed E-state index contributed by atoms with van der Waals surface area (Å²) in [6.07, 6.45) is 1.76. The lowest BCUT2D eigenvalue weighted by Gasteiger charge is -2.02. The molecule has 0 unspecified atom stereocenters. The maximum absolute atomic E-state index is 13.2. The summed E-state index contributed by atoms with van der Waals surface area (Å²) in [6, 6.07) is 1.19. The van der Waals surface area contributed by atoms with E-state index < -0.39 is 5.82 Å². The summed E-state index contributed by atoms with van der Waals surface area (Å²) in [7, 11) is 0. The van der Waals surface area contributed by atoms with Crippen LogP contribution in [-0.2, 0) is 13.0 Å². The van der Waals surface area contributed by atoms with E-state index in [2.05, 4.69) is 10.1 Å². The van der Waals surface area contributed by atoms with Crippen LogP contribution in [0.15, 0.2) is 21.6 Å². The smallest absolute Gasteiger partial charge is 0.264 e. The van der Waals surface area contributed by atoms with Gasteiger partial charge in [0.1, 0.15) is 5.82 Å². The van der Waals surface area contributed by atoms with Crippen molar-refractivity contribution in [3.05, 3.63) is 43.7 Å². The van der Waals surface area contributed by atoms with Gasteiger partial charge in [-0.3, -0.25) is 4.79 Å². The van der Waals surface area contributed by atoms with Gasteiger partial charge in [0.15, 0.2) is 5.82 Å². The van der Waals surface area contributed by atoms with Gasteiger partial charge in [0.25, 0.3) is 5.56 Å². The monoisotopic (exact) mass is 349 g/mol. The van der Waals surface area contributed by atoms with E-state index in [9.17, 15) is 9.18 Å². The van der Waals surface area contributed by atoms with Crippen LogP contribution in [0.2, 0.25) is 0 Å². The fraction of sp³-hybridized carbons (Fsp3) is 0.300. The molecule has 0 bridgehead atoms. The number of hydrogen-bond acceptors (Lipinski definition) is 4. The van der Waals surface area contributed by atoms with Gasteiger partial charge in [-0.25, -0.2) is 4.39 Å². The molecule has 2 rings (SSSR count). The van der Waals surface area contributed by atoms with Gasteiger partial charge in [0, 0.05) is 12.6 Å². The van der Waals surface area contributed by atoms with Crippen molar-refractivity contribution in [3.8, 4) is 0 Å². The summed E-state index contributed by atoms with van der Waals surface area (Å²) in [6.45, 7) is 1.99. The molecule has 0 atom stereocenters. The molecule has 2 heterocycles. The molecule has 0 saturated carbocycles. The van der Waals surface area contributed by atoms with E-state index >= 15 is 0 Å². The zero-order valence-electron chi connectivity index (χ0n) is 8.98. The second-order valence-corrected chi connectivity index (χ2v) is 4.56. The largest absolute Gasteiger partial charge is 0.339 e. The van der Waals surface area contributed by atoms with Crippen molar-refractivity contribution in [2.75, 3.05) is 0 Å². The highest BCUT2D eigenvalue weighted by Crippen LogP contribution is 2.04. The average Bonchev–Trinajstić information content (AvgIpc) is 2.73. The maximum atomic E-state index is 13.2. The van der Waals surface area contributed by atoms with Gasteiger partial charge in [0.2, 0.25) is 5.89 Å². The molecule has 0 N–H and O–H groups in total. The highest BCUT2D eigenvalue weighted by molar-refractivity contribution is 14.1. The molecule has 0 fully saturated rings. The third-order valence-electron chi connectivity index (χ3n) is 2.13. The van der Waals surface area contributed by atoms with E-state index in [1.54, 1.807) is 22.6 Å². The minimum Gasteiger partial charge on any atom is -0.339 e. The van der Waals surface area contributed by atoms with Crippen LogP contribution < -0.4 is 5.56 Å². The van der Waals surface area contributed by atoms with Gasteiger partial charge in [-0.15, -0.1) is 0 Å². The summed E-state index contributed by atoms with van der Waals surface area (Å²) in [4.78, 5) is 15.8. The topological polar surface area (TPSA) is 60.9 Å². The van der Waals surface area contributed by atoms with Crippen LogP contribution >= 0.6 is 22.6 Å². The molecular formula is C10H9FIN3O2. The van der Waals surface area contributed by atoms with E-state index in [1.165, 1.54) is 10.6 Å². The Bertz CT molecular complexity index is 593. The average molecular weight is 349 g/mol. The minimum atomic E-state index is -0.465. The van der Waals surface area contributed by atoms with Crippen molar-refractivity contribution in [2.24, 2.45) is 0 Å². The van der Waals surface area contributed by atoms with Crippen molar-refractivity contribution < 1.29 is 8.91 Å². The van der Waals surface area contributed by atoms with Crippen molar-refractivity contribution >= 4 is 22.6 Å². The normalized spacial score (nSPS) is 10.8. The van der Waals surface area contributed by atoms with E-state index in [0.717, 1.165) is 6.20 Å². The molecule has 17 heavy (non-hydrogen) atoms. The predicted molar refractivity (Wildman–Crippen MR) is 66.2 cm³/mol. The first-order chi connectivity index (χ1) is 8.10. The quantitative estimate of drug-likeness (QED) is 0.790. The van der Waals surface area contributed by atoms with Crippen LogP contribution in [0, 0.1) is 9.39 Å². The summed E-state index contributed by atoms with van der Waals surface area (Å²) < 4.78 is 19.6. The number of aromatic nitrogens is 3. The zero-order valence-corrected chi connectivity index (χ0v) is 11.1. The number of halogens is 2. The Kier molecular flexibility index (Phi) is 3.55. The van der Waals surface area contributed by atoms with Crippen molar-refractivity contribution in [2.45, 2.75) is 19.9 Å². The summed E-state index contributed by atoms with van der Waals surface area (Å²) >= 11 is 1.79. The van der Waals surface area contributed by atoms with Gasteiger partial charge in [-0.05, 0) is 28.7 Å². The molecule has 0 aromatic carbocycles. The van der Waals surface area contributed by atoms with Crippen molar-refractivity contribution in [3.63, 3.8) is 0 Å². The van der Waals surface area contributed by atoms with E-state index in [0.29, 0.717) is 21.7 Å². The van der Waals surface area contributed by atoms with E-state index in [4.69, 9.17) is 4.52 Å². The number of aryl methyl sites for hydroxylation is 1. The lowest BCUT2D eigenvalue weighted by Crippen LogP contribution is -2.23. The number of hydrogen-bond donors (Lipinski definition) is 0. The molecule has 0 aliphatic carbocycles. The Morgan fingerprint density at radius 2 is 2.35 bits per heavy atom. The molecule has 0 aliphatic heterocycles. The lowest BCUT2D eigenvalue weighted by atomic mass is 10.4. The first-order valence-electron chi connectivity index (χ1n) is 4.97. The molecule has 0 spiro atoms. The van der Waals surface area contributed by atoms with Gasteiger partial charge >= 0.3 is 0 Å². The van der Waals surface area contributed by atoms with Crippen LogP contribution in [0.3, 0.4) is 0 Å². The summed E-state index contributed by atoms with van der Waals surface area (Å²) in [5.74, 6) is 0.401. The molecule has 0 amide bonds. The Morgan fingerprint density at radius 3 is 3.00 bits per heavy atom. The van der Waals surface area contributed by atoms with E-state index in [-0.39, 0.29) is 12.1 Å². The standard InChI is InChI=1S/C10H9FIN3O2/c1-2-9-13-8(14-17-9)5-15-4-6(11)3-7(12)10(15)16/h3-4H,2,5H2,1H3. The third-order valence-corrected chi connectivity index (χ3v) is 2.91. The van der Waals surface area contributed by atoms with E-state index in [1.807, 2.05) is 6.92 Å². The van der Waals surface area contributed by atoms with Crippen LogP contribution in [0.4, 0.5) is 4.39 Å². The molecular weight excluding hydrogens is 340 g/mol. The Labute approximate surface area is 110 Å². The van der Waals surface area contributed by atoms with Gasteiger partial charge < -0.3 is 9.09 Å². The molecule has 7 heteroatoms. The molecule has 90 valence electrons. The number of pyridine rings is 1. The fourth-order valence-corrected chi connectivity index (χ4v) is 1.94. The summed E-state index contributed by atoms with van der Waals surface area (Å²) in [5, 5.41) is 3.71. The zero-order chi connectivity index (χ0) is 12.4. The van der Waals surface area contributed by atoms with Crippen LogP contribution in [0.1, 0.15) is 18.6 Å². The van der Waals surface area contributed by atoms with Crippen LogP contribution in [0.5, 0.6) is 0 Å². The fourth-order valence-electron chi connectivity index (χ4n) is 1.33. The lowest BCUT2D eigenvalue weighted by molar-refractivity contribution is 0.375. The molecule has 5 nitrogen and oxygen atoms in total. The Balaban J connectivity index is 2.32. The second-order valence-electron chi connectivity index (χ2n) is 3.40. The second kappa shape index (κ2) is 4.94. The van der Waals surface area contributed by atoms with Gasteiger partial charge in [0.05, 0.1) is 10.1 Å². The van der Waals surface area contributed by atoms with Gasteiger partial charge in [-0.1, -0.05) is 12.1 Å². The van der Waals surface area contributed by atoms with Crippen molar-refractivity contribution in [1.29, 1.82) is 0 Å². The highest BCUT2D eigenvalue weighted by Gasteiger charge is 2.09. The SMILES string of the molecule is CCc1nc(Cn2cc(F)cc(I)c2=O)no1. The van der Waals surface area contributed by atoms with Crippen LogP contribution in [-0.4, -0.2) is 14.7 Å². The Hall–Kier alpha value is -1.25. The molecule has 0 radical (unpaired) electrons. The highest BCUT2D eigenvalue weighted by atomic mass is 127. The maximum Gasteiger partial charge on any atom is 0.264 e. The number of rotatable bonds is 3. The minimum absolute atomic E-state index is 0.107.